The van der Waals surface area contributed by atoms with E-state index >= 15 is 0 Å². The number of anilines is 2. The first-order chi connectivity index (χ1) is 11.5. The molecule has 3 rings (SSSR count). The van der Waals surface area contributed by atoms with Crippen molar-refractivity contribution in [1.29, 1.82) is 0 Å². The van der Waals surface area contributed by atoms with Gasteiger partial charge in [0.1, 0.15) is 5.82 Å². The molecule has 2 atom stereocenters. The van der Waals surface area contributed by atoms with Crippen molar-refractivity contribution in [1.82, 2.24) is 15.2 Å². The van der Waals surface area contributed by atoms with Crippen molar-refractivity contribution >= 4 is 17.4 Å². The average molecular weight is 329 g/mol. The largest absolute Gasteiger partial charge is 0.372 e. The van der Waals surface area contributed by atoms with Crippen LogP contribution in [0.3, 0.4) is 0 Å². The van der Waals surface area contributed by atoms with Crippen molar-refractivity contribution in [2.24, 2.45) is 0 Å². The Morgan fingerprint density at radius 3 is 2.71 bits per heavy atom. The fourth-order valence-electron chi connectivity index (χ4n) is 2.95. The molecule has 1 saturated heterocycles. The maximum absolute atomic E-state index is 12.0. The van der Waals surface area contributed by atoms with Gasteiger partial charge in [-0.1, -0.05) is 0 Å². The Hall–Kier alpha value is -2.41. The molecule has 24 heavy (non-hydrogen) atoms. The van der Waals surface area contributed by atoms with Gasteiger partial charge in [-0.15, -0.1) is 0 Å². The molecule has 2 aromatic heterocycles. The lowest BCUT2D eigenvalue weighted by molar-refractivity contribution is -0.115. The summed E-state index contributed by atoms with van der Waals surface area (Å²) in [5, 5.41) is 9.75. The summed E-state index contributed by atoms with van der Waals surface area (Å²) >= 11 is 0. The van der Waals surface area contributed by atoms with Crippen LogP contribution < -0.4 is 10.2 Å². The number of carbonyl (C=O) groups excluding carboxylic acids is 1. The summed E-state index contributed by atoms with van der Waals surface area (Å²) in [7, 11) is 0. The van der Waals surface area contributed by atoms with Gasteiger partial charge >= 0.3 is 0 Å². The van der Waals surface area contributed by atoms with E-state index in [0.29, 0.717) is 5.69 Å². The third-order valence-electron chi connectivity index (χ3n) is 3.88. The molecule has 3 heterocycles. The number of aryl methyl sites for hydroxylation is 1. The maximum atomic E-state index is 12.0. The predicted octanol–water partition coefficient (Wildman–Crippen LogP) is 1.91. The van der Waals surface area contributed by atoms with Gasteiger partial charge in [-0.2, -0.15) is 5.10 Å². The zero-order valence-corrected chi connectivity index (χ0v) is 14.2. The van der Waals surface area contributed by atoms with E-state index in [2.05, 4.69) is 39.2 Å². The third kappa shape index (κ3) is 4.11. The molecule has 7 nitrogen and oxygen atoms in total. The third-order valence-corrected chi connectivity index (χ3v) is 3.88. The van der Waals surface area contributed by atoms with Crippen LogP contribution in [0, 0.1) is 6.92 Å². The fraction of sp³-hybridized carbons (Fsp3) is 0.471. The van der Waals surface area contributed by atoms with E-state index in [0.717, 1.165) is 30.3 Å². The summed E-state index contributed by atoms with van der Waals surface area (Å²) in [6.45, 7) is 7.68. The zero-order chi connectivity index (χ0) is 17.1. The van der Waals surface area contributed by atoms with Crippen LogP contribution in [0.1, 0.15) is 25.2 Å². The molecule has 7 heteroatoms. The van der Waals surface area contributed by atoms with E-state index in [-0.39, 0.29) is 24.5 Å². The van der Waals surface area contributed by atoms with E-state index in [1.165, 1.54) is 0 Å². The highest BCUT2D eigenvalue weighted by atomic mass is 16.5. The molecule has 2 aromatic rings. The highest BCUT2D eigenvalue weighted by molar-refractivity contribution is 5.91. The molecule has 0 radical (unpaired) electrons. The van der Waals surface area contributed by atoms with Crippen LogP contribution >= 0.6 is 0 Å². The molecule has 2 N–H and O–H groups in total. The Kier molecular flexibility index (Phi) is 4.80. The quantitative estimate of drug-likeness (QED) is 0.895. The number of amides is 1. The summed E-state index contributed by atoms with van der Waals surface area (Å²) in [5.74, 6) is 0.794. The van der Waals surface area contributed by atoms with Crippen LogP contribution in [0.2, 0.25) is 0 Å². The summed E-state index contributed by atoms with van der Waals surface area (Å²) in [6, 6.07) is 5.67. The van der Waals surface area contributed by atoms with Crippen molar-refractivity contribution in [2.75, 3.05) is 23.3 Å². The standard InChI is InChI=1S/C17H23N5O2/c1-11-6-15(21-20-11)7-17(23)19-14-4-5-16(18-8-14)22-9-12(2)24-13(3)10-22/h4-6,8,12-13H,7,9-10H2,1-3H3,(H,19,23)(H,20,21). The molecule has 1 amide bonds. The lowest BCUT2D eigenvalue weighted by Crippen LogP contribution is -2.45. The minimum absolute atomic E-state index is 0.107. The van der Waals surface area contributed by atoms with Gasteiger partial charge in [-0.3, -0.25) is 9.89 Å². The molecule has 1 aliphatic rings. The van der Waals surface area contributed by atoms with Crippen molar-refractivity contribution in [2.45, 2.75) is 39.4 Å². The molecule has 0 spiro atoms. The van der Waals surface area contributed by atoms with E-state index in [1.807, 2.05) is 25.1 Å². The number of aromatic amines is 1. The number of carbonyl (C=O) groups is 1. The van der Waals surface area contributed by atoms with E-state index in [4.69, 9.17) is 4.74 Å². The lowest BCUT2D eigenvalue weighted by Gasteiger charge is -2.36. The van der Waals surface area contributed by atoms with Gasteiger partial charge < -0.3 is 15.0 Å². The molecular weight excluding hydrogens is 306 g/mol. The zero-order valence-electron chi connectivity index (χ0n) is 14.2. The normalized spacial score (nSPS) is 20.9. The van der Waals surface area contributed by atoms with Gasteiger partial charge in [0.05, 0.1) is 36.2 Å². The van der Waals surface area contributed by atoms with E-state index in [9.17, 15) is 4.79 Å². The number of ether oxygens (including phenoxy) is 1. The van der Waals surface area contributed by atoms with Crippen molar-refractivity contribution in [3.63, 3.8) is 0 Å². The molecule has 0 bridgehead atoms. The minimum atomic E-state index is -0.107. The first kappa shape index (κ1) is 16.4. The predicted molar refractivity (Wildman–Crippen MR) is 92.1 cm³/mol. The Morgan fingerprint density at radius 2 is 2.12 bits per heavy atom. The Morgan fingerprint density at radius 1 is 1.38 bits per heavy atom. The van der Waals surface area contributed by atoms with Crippen LogP contribution in [0.5, 0.6) is 0 Å². The first-order valence-electron chi connectivity index (χ1n) is 8.17. The van der Waals surface area contributed by atoms with Gasteiger partial charge in [0, 0.05) is 18.8 Å². The molecule has 0 aliphatic carbocycles. The Bertz CT molecular complexity index is 687. The second-order valence-electron chi connectivity index (χ2n) is 6.33. The topological polar surface area (TPSA) is 83.1 Å². The lowest BCUT2D eigenvalue weighted by atomic mass is 10.2. The number of rotatable bonds is 4. The van der Waals surface area contributed by atoms with Crippen LogP contribution in [-0.2, 0) is 16.0 Å². The number of hydrogen-bond acceptors (Lipinski definition) is 5. The summed E-state index contributed by atoms with van der Waals surface area (Å²) in [6.07, 6.45) is 2.30. The number of pyridine rings is 1. The van der Waals surface area contributed by atoms with Crippen molar-refractivity contribution in [3.8, 4) is 0 Å². The Balaban J connectivity index is 1.59. The van der Waals surface area contributed by atoms with Gasteiger partial charge in [0.25, 0.3) is 0 Å². The van der Waals surface area contributed by atoms with Gasteiger partial charge in [-0.05, 0) is 39.0 Å². The SMILES string of the molecule is Cc1cc(CC(=O)Nc2ccc(N3CC(C)OC(C)C3)nc2)n[nH]1. The fourth-order valence-corrected chi connectivity index (χ4v) is 2.95. The number of nitrogens with one attached hydrogen (secondary N) is 2. The molecule has 0 aromatic carbocycles. The molecule has 1 aliphatic heterocycles. The molecule has 1 fully saturated rings. The van der Waals surface area contributed by atoms with Crippen LogP contribution in [0.15, 0.2) is 24.4 Å². The number of nitrogens with zero attached hydrogens (tertiary/aromatic N) is 3. The molecular formula is C17H23N5O2. The first-order valence-corrected chi connectivity index (χ1v) is 8.17. The molecule has 0 saturated carbocycles. The number of H-pyrrole nitrogens is 1. The number of aromatic nitrogens is 3. The molecule has 128 valence electrons. The van der Waals surface area contributed by atoms with Gasteiger partial charge in [0.2, 0.25) is 5.91 Å². The van der Waals surface area contributed by atoms with Crippen LogP contribution in [-0.4, -0.2) is 46.4 Å². The summed E-state index contributed by atoms with van der Waals surface area (Å²) in [4.78, 5) is 18.7. The summed E-state index contributed by atoms with van der Waals surface area (Å²) in [5.41, 5.74) is 2.36. The smallest absolute Gasteiger partial charge is 0.230 e. The summed E-state index contributed by atoms with van der Waals surface area (Å²) < 4.78 is 5.74. The van der Waals surface area contributed by atoms with E-state index < -0.39 is 0 Å². The van der Waals surface area contributed by atoms with Crippen molar-refractivity contribution in [3.05, 3.63) is 35.8 Å². The highest BCUT2D eigenvalue weighted by Crippen LogP contribution is 2.19. The average Bonchev–Trinajstić information content (AvgIpc) is 2.92. The van der Waals surface area contributed by atoms with Crippen LogP contribution in [0.4, 0.5) is 11.5 Å². The van der Waals surface area contributed by atoms with Crippen molar-refractivity contribution < 1.29 is 9.53 Å². The maximum Gasteiger partial charge on any atom is 0.230 e. The minimum Gasteiger partial charge on any atom is -0.372 e. The number of morpholine rings is 1. The Labute approximate surface area is 141 Å². The van der Waals surface area contributed by atoms with Gasteiger partial charge in [-0.25, -0.2) is 4.98 Å². The van der Waals surface area contributed by atoms with E-state index in [1.54, 1.807) is 6.20 Å². The monoisotopic (exact) mass is 329 g/mol. The second-order valence-corrected chi connectivity index (χ2v) is 6.33. The number of hydrogen-bond donors (Lipinski definition) is 2. The highest BCUT2D eigenvalue weighted by Gasteiger charge is 2.23. The second kappa shape index (κ2) is 7.00. The van der Waals surface area contributed by atoms with Gasteiger partial charge in [0.15, 0.2) is 0 Å². The molecule has 2 unspecified atom stereocenters. The van der Waals surface area contributed by atoms with Crippen LogP contribution in [0.25, 0.3) is 0 Å².